The zero-order valence-electron chi connectivity index (χ0n) is 12.7. The van der Waals surface area contributed by atoms with Gasteiger partial charge in [0.15, 0.2) is 0 Å². The SMILES string of the molecule is COc1ccc(CC2CCN(C(=O)C3(N)CC3)CC2)cc1. The van der Waals surface area contributed by atoms with Gasteiger partial charge in [0.25, 0.3) is 0 Å². The molecule has 4 heteroatoms. The lowest BCUT2D eigenvalue weighted by atomic mass is 9.90. The Hall–Kier alpha value is -1.55. The van der Waals surface area contributed by atoms with Crippen molar-refractivity contribution in [1.29, 1.82) is 0 Å². The number of hydrogen-bond donors (Lipinski definition) is 1. The van der Waals surface area contributed by atoms with Crippen molar-refractivity contribution in [2.24, 2.45) is 11.7 Å². The fraction of sp³-hybridized carbons (Fsp3) is 0.588. The van der Waals surface area contributed by atoms with E-state index in [9.17, 15) is 4.79 Å². The number of ether oxygens (including phenoxy) is 1. The van der Waals surface area contributed by atoms with Crippen molar-refractivity contribution in [2.75, 3.05) is 20.2 Å². The molecule has 0 bridgehead atoms. The molecule has 21 heavy (non-hydrogen) atoms. The standard InChI is InChI=1S/C17H24N2O2/c1-21-15-4-2-13(3-5-15)12-14-6-10-19(11-7-14)16(20)17(18)8-9-17/h2-5,14H,6-12,18H2,1H3. The molecule has 1 aliphatic heterocycles. The maximum atomic E-state index is 12.2. The molecule has 1 amide bonds. The molecule has 1 aromatic rings. The first kappa shape index (κ1) is 14.4. The van der Waals surface area contributed by atoms with Gasteiger partial charge >= 0.3 is 0 Å². The molecule has 1 heterocycles. The zero-order chi connectivity index (χ0) is 14.9. The number of carbonyl (C=O) groups is 1. The predicted molar refractivity (Wildman–Crippen MR) is 82.2 cm³/mol. The van der Waals surface area contributed by atoms with Crippen LogP contribution in [-0.4, -0.2) is 36.5 Å². The first-order chi connectivity index (χ1) is 10.1. The van der Waals surface area contributed by atoms with E-state index in [2.05, 4.69) is 12.1 Å². The minimum absolute atomic E-state index is 0.172. The van der Waals surface area contributed by atoms with Crippen molar-refractivity contribution >= 4 is 5.91 Å². The minimum Gasteiger partial charge on any atom is -0.497 e. The second-order valence-electron chi connectivity index (χ2n) is 6.44. The van der Waals surface area contributed by atoms with Gasteiger partial charge in [-0.15, -0.1) is 0 Å². The highest BCUT2D eigenvalue weighted by molar-refractivity contribution is 5.89. The molecule has 3 rings (SSSR count). The topological polar surface area (TPSA) is 55.6 Å². The molecule has 0 atom stereocenters. The number of benzene rings is 1. The van der Waals surface area contributed by atoms with Crippen LogP contribution < -0.4 is 10.5 Å². The molecule has 0 spiro atoms. The van der Waals surface area contributed by atoms with E-state index in [0.29, 0.717) is 5.92 Å². The molecule has 1 aromatic carbocycles. The van der Waals surface area contributed by atoms with Gasteiger partial charge in [0.2, 0.25) is 5.91 Å². The smallest absolute Gasteiger partial charge is 0.242 e. The van der Waals surface area contributed by atoms with Crippen molar-refractivity contribution in [3.05, 3.63) is 29.8 Å². The first-order valence-electron chi connectivity index (χ1n) is 7.82. The third kappa shape index (κ3) is 3.21. The molecule has 1 aliphatic carbocycles. The summed E-state index contributed by atoms with van der Waals surface area (Å²) in [6.45, 7) is 1.72. The Balaban J connectivity index is 1.50. The highest BCUT2D eigenvalue weighted by Gasteiger charge is 2.48. The Kier molecular flexibility index (Phi) is 3.89. The highest BCUT2D eigenvalue weighted by atomic mass is 16.5. The summed E-state index contributed by atoms with van der Waals surface area (Å²) in [6.07, 6.45) is 4.96. The Morgan fingerprint density at radius 2 is 1.90 bits per heavy atom. The summed E-state index contributed by atoms with van der Waals surface area (Å²) in [5.74, 6) is 1.73. The lowest BCUT2D eigenvalue weighted by Crippen LogP contribution is -2.48. The normalized spacial score (nSPS) is 21.1. The van der Waals surface area contributed by atoms with E-state index in [4.69, 9.17) is 10.5 Å². The number of methoxy groups -OCH3 is 1. The maximum Gasteiger partial charge on any atom is 0.242 e. The molecular weight excluding hydrogens is 264 g/mol. The third-order valence-corrected chi connectivity index (χ3v) is 4.80. The molecule has 1 saturated heterocycles. The van der Waals surface area contributed by atoms with Crippen molar-refractivity contribution in [3.8, 4) is 5.75 Å². The molecule has 0 radical (unpaired) electrons. The summed E-state index contributed by atoms with van der Waals surface area (Å²) in [6, 6.07) is 8.30. The molecule has 114 valence electrons. The number of rotatable bonds is 4. The lowest BCUT2D eigenvalue weighted by molar-refractivity contribution is -0.135. The number of amides is 1. The van der Waals surface area contributed by atoms with Crippen LogP contribution in [0.25, 0.3) is 0 Å². The van der Waals surface area contributed by atoms with Crippen LogP contribution >= 0.6 is 0 Å². The quantitative estimate of drug-likeness (QED) is 0.921. The molecule has 0 aromatic heterocycles. The lowest BCUT2D eigenvalue weighted by Gasteiger charge is -2.33. The average Bonchev–Trinajstić information content (AvgIpc) is 3.27. The predicted octanol–water partition coefficient (Wildman–Crippen LogP) is 1.97. The summed E-state index contributed by atoms with van der Waals surface area (Å²) < 4.78 is 5.18. The van der Waals surface area contributed by atoms with Crippen LogP contribution in [0.4, 0.5) is 0 Å². The Labute approximate surface area is 126 Å². The third-order valence-electron chi connectivity index (χ3n) is 4.80. The monoisotopic (exact) mass is 288 g/mol. The number of piperidine rings is 1. The second-order valence-corrected chi connectivity index (χ2v) is 6.44. The van der Waals surface area contributed by atoms with Gasteiger partial charge in [0.1, 0.15) is 5.75 Å². The van der Waals surface area contributed by atoms with E-state index in [0.717, 1.165) is 50.9 Å². The van der Waals surface area contributed by atoms with E-state index in [1.165, 1.54) is 5.56 Å². The molecular formula is C17H24N2O2. The van der Waals surface area contributed by atoms with Crippen LogP contribution in [0.2, 0.25) is 0 Å². The van der Waals surface area contributed by atoms with Crippen molar-refractivity contribution < 1.29 is 9.53 Å². The first-order valence-corrected chi connectivity index (χ1v) is 7.82. The van der Waals surface area contributed by atoms with Gasteiger partial charge in [-0.25, -0.2) is 0 Å². The number of nitrogens with zero attached hydrogens (tertiary/aromatic N) is 1. The number of likely N-dealkylation sites (tertiary alicyclic amines) is 1. The van der Waals surface area contributed by atoms with Gasteiger partial charge in [-0.3, -0.25) is 4.79 Å². The van der Waals surface area contributed by atoms with Crippen LogP contribution in [0, 0.1) is 5.92 Å². The van der Waals surface area contributed by atoms with E-state index in [1.54, 1.807) is 7.11 Å². The fourth-order valence-electron chi connectivity index (χ4n) is 3.10. The van der Waals surface area contributed by atoms with Crippen LogP contribution in [0.15, 0.2) is 24.3 Å². The van der Waals surface area contributed by atoms with Crippen LogP contribution in [-0.2, 0) is 11.2 Å². The summed E-state index contributed by atoms with van der Waals surface area (Å²) >= 11 is 0. The van der Waals surface area contributed by atoms with Gasteiger partial charge in [-0.2, -0.15) is 0 Å². The van der Waals surface area contributed by atoms with Gasteiger partial charge in [-0.05, 0) is 55.7 Å². The number of nitrogens with two attached hydrogens (primary N) is 1. The fourth-order valence-corrected chi connectivity index (χ4v) is 3.10. The Morgan fingerprint density at radius 3 is 2.43 bits per heavy atom. The van der Waals surface area contributed by atoms with Gasteiger partial charge < -0.3 is 15.4 Å². The number of carbonyl (C=O) groups excluding carboxylic acids is 1. The van der Waals surface area contributed by atoms with Crippen molar-refractivity contribution in [2.45, 2.75) is 37.6 Å². The van der Waals surface area contributed by atoms with Crippen LogP contribution in [0.5, 0.6) is 5.75 Å². The summed E-state index contributed by atoms with van der Waals surface area (Å²) in [4.78, 5) is 14.2. The van der Waals surface area contributed by atoms with E-state index >= 15 is 0 Å². The van der Waals surface area contributed by atoms with Gasteiger partial charge in [0, 0.05) is 13.1 Å². The number of hydrogen-bond acceptors (Lipinski definition) is 3. The van der Waals surface area contributed by atoms with Crippen LogP contribution in [0.1, 0.15) is 31.2 Å². The van der Waals surface area contributed by atoms with Crippen molar-refractivity contribution in [1.82, 2.24) is 4.90 Å². The largest absolute Gasteiger partial charge is 0.497 e. The molecule has 1 saturated carbocycles. The van der Waals surface area contributed by atoms with Gasteiger partial charge in [0.05, 0.1) is 12.6 Å². The summed E-state index contributed by atoms with van der Waals surface area (Å²) in [7, 11) is 1.69. The van der Waals surface area contributed by atoms with E-state index < -0.39 is 5.54 Å². The van der Waals surface area contributed by atoms with Crippen LogP contribution in [0.3, 0.4) is 0 Å². The van der Waals surface area contributed by atoms with Crippen molar-refractivity contribution in [3.63, 3.8) is 0 Å². The minimum atomic E-state index is -0.511. The second kappa shape index (κ2) is 5.68. The summed E-state index contributed by atoms with van der Waals surface area (Å²) in [5, 5.41) is 0. The maximum absolute atomic E-state index is 12.2. The van der Waals surface area contributed by atoms with Gasteiger partial charge in [-0.1, -0.05) is 12.1 Å². The molecule has 4 nitrogen and oxygen atoms in total. The average molecular weight is 288 g/mol. The highest BCUT2D eigenvalue weighted by Crippen LogP contribution is 2.35. The molecule has 2 N–H and O–H groups in total. The Bertz CT molecular complexity index is 500. The Morgan fingerprint density at radius 1 is 1.29 bits per heavy atom. The summed E-state index contributed by atoms with van der Waals surface area (Å²) in [5.41, 5.74) is 6.84. The molecule has 0 unspecified atom stereocenters. The molecule has 2 fully saturated rings. The zero-order valence-corrected chi connectivity index (χ0v) is 12.7. The molecule has 2 aliphatic rings. The van der Waals surface area contributed by atoms with E-state index in [1.807, 2.05) is 17.0 Å². The van der Waals surface area contributed by atoms with E-state index in [-0.39, 0.29) is 5.91 Å².